The van der Waals surface area contributed by atoms with Crippen LogP contribution in [0.25, 0.3) is 0 Å². The van der Waals surface area contributed by atoms with Gasteiger partial charge in [0.05, 0.1) is 6.61 Å². The van der Waals surface area contributed by atoms with Gasteiger partial charge in [-0.15, -0.1) is 0 Å². The van der Waals surface area contributed by atoms with E-state index in [-0.39, 0.29) is 8.15 Å². The maximum atomic E-state index is 6.27. The van der Waals surface area contributed by atoms with Gasteiger partial charge in [-0.2, -0.15) is 0 Å². The average molecular weight is 331 g/mol. The number of hydrogen-bond donors (Lipinski definition) is 0. The summed E-state index contributed by atoms with van der Waals surface area (Å²) in [7, 11) is -0.121. The average Bonchev–Trinajstić information content (AvgIpc) is 2.53. The van der Waals surface area contributed by atoms with E-state index < -0.39 is 0 Å². The first kappa shape index (κ1) is 22.4. The Morgan fingerprint density at radius 3 is 1.41 bits per heavy atom. The molecule has 0 saturated heterocycles. The topological polar surface area (TPSA) is 9.23 Å². The van der Waals surface area contributed by atoms with E-state index in [9.17, 15) is 0 Å². The molecule has 0 atom stereocenters. The van der Waals surface area contributed by atoms with E-state index in [0.717, 1.165) is 6.61 Å². The maximum Gasteiger partial charge on any atom is 0.0508 e. The second-order valence-corrected chi connectivity index (χ2v) is 8.77. The molecule has 0 rings (SSSR count). The molecule has 0 aliphatic carbocycles. The molecule has 0 N–H and O–H groups in total. The van der Waals surface area contributed by atoms with Gasteiger partial charge in [0, 0.05) is 8.15 Å². The lowest BCUT2D eigenvalue weighted by Crippen LogP contribution is -1.98. The van der Waals surface area contributed by atoms with Gasteiger partial charge in [0.25, 0.3) is 0 Å². The molecule has 0 bridgehead atoms. The molecule has 0 spiro atoms. The fourth-order valence-corrected chi connectivity index (χ4v) is 4.77. The molecule has 0 aromatic carbocycles. The molecule has 22 heavy (non-hydrogen) atoms. The molecule has 0 aromatic rings. The van der Waals surface area contributed by atoms with Crippen LogP contribution in [0.2, 0.25) is 0 Å². The predicted molar refractivity (Wildman–Crippen MR) is 104 cm³/mol. The van der Waals surface area contributed by atoms with Crippen molar-refractivity contribution in [2.45, 2.75) is 111 Å². The van der Waals surface area contributed by atoms with Crippen LogP contribution in [-0.2, 0) is 4.52 Å². The van der Waals surface area contributed by atoms with Crippen LogP contribution in [-0.4, -0.2) is 18.9 Å². The molecule has 0 aliphatic heterocycles. The van der Waals surface area contributed by atoms with Crippen LogP contribution in [0, 0.1) is 0 Å². The largest absolute Gasteiger partial charge is 0.359 e. The summed E-state index contributed by atoms with van der Waals surface area (Å²) in [6, 6.07) is 0. The van der Waals surface area contributed by atoms with Gasteiger partial charge in [-0.05, 0) is 31.6 Å². The van der Waals surface area contributed by atoms with E-state index in [1.54, 1.807) is 0 Å². The molecule has 0 saturated carbocycles. The van der Waals surface area contributed by atoms with E-state index in [1.807, 2.05) is 0 Å². The van der Waals surface area contributed by atoms with Crippen LogP contribution >= 0.6 is 8.15 Å². The van der Waals surface area contributed by atoms with Gasteiger partial charge in [0.1, 0.15) is 0 Å². The zero-order valence-electron chi connectivity index (χ0n) is 15.9. The minimum Gasteiger partial charge on any atom is -0.359 e. The number of rotatable bonds is 18. The first-order chi connectivity index (χ1) is 10.8. The second kappa shape index (κ2) is 19.4. The van der Waals surface area contributed by atoms with Gasteiger partial charge in [-0.3, -0.25) is 0 Å². The first-order valence-electron chi connectivity index (χ1n) is 10.2. The Hall–Kier alpha value is 0.390. The smallest absolute Gasteiger partial charge is 0.0508 e. The Morgan fingerprint density at radius 1 is 0.500 bits per heavy atom. The van der Waals surface area contributed by atoms with Crippen molar-refractivity contribution in [3.05, 3.63) is 0 Å². The fourth-order valence-electron chi connectivity index (χ4n) is 2.75. The molecule has 134 valence electrons. The third kappa shape index (κ3) is 16.8. The fraction of sp³-hybridized carbons (Fsp3) is 1.00. The summed E-state index contributed by atoms with van der Waals surface area (Å²) in [5.41, 5.74) is 0. The van der Waals surface area contributed by atoms with E-state index in [1.165, 1.54) is 102 Å². The van der Waals surface area contributed by atoms with Gasteiger partial charge in [0.15, 0.2) is 0 Å². The summed E-state index contributed by atoms with van der Waals surface area (Å²) in [5.74, 6) is 0. The molecule has 0 aromatic heterocycles. The Morgan fingerprint density at radius 2 is 0.909 bits per heavy atom. The van der Waals surface area contributed by atoms with Crippen molar-refractivity contribution in [1.29, 1.82) is 0 Å². The lowest BCUT2D eigenvalue weighted by Gasteiger charge is -2.18. The number of unbranched alkanes of at least 4 members (excludes halogenated alkanes) is 11. The SMILES string of the molecule is CCCCCCCCOP(CCCCCC)CCCCCC. The van der Waals surface area contributed by atoms with Crippen molar-refractivity contribution in [3.63, 3.8) is 0 Å². The Kier molecular flexibility index (Phi) is 19.8. The molecule has 1 nitrogen and oxygen atoms in total. The van der Waals surface area contributed by atoms with Gasteiger partial charge < -0.3 is 4.52 Å². The maximum absolute atomic E-state index is 6.27. The van der Waals surface area contributed by atoms with Crippen LogP contribution in [0.3, 0.4) is 0 Å². The third-order valence-electron chi connectivity index (χ3n) is 4.29. The van der Waals surface area contributed by atoms with Crippen molar-refractivity contribution in [2.24, 2.45) is 0 Å². The standard InChI is InChI=1S/C20H43OP/c1-4-7-10-13-14-15-18-21-22(19-16-11-8-5-2)20-17-12-9-6-3/h4-20H2,1-3H3. The van der Waals surface area contributed by atoms with Crippen molar-refractivity contribution < 1.29 is 4.52 Å². The Balaban J connectivity index is 3.66. The summed E-state index contributed by atoms with van der Waals surface area (Å²) in [4.78, 5) is 0. The van der Waals surface area contributed by atoms with Crippen molar-refractivity contribution in [2.75, 3.05) is 18.9 Å². The van der Waals surface area contributed by atoms with Crippen LogP contribution in [0.15, 0.2) is 0 Å². The lowest BCUT2D eigenvalue weighted by atomic mass is 10.1. The Bertz CT molecular complexity index is 184. The minimum absolute atomic E-state index is 0.121. The van der Waals surface area contributed by atoms with E-state index in [2.05, 4.69) is 20.8 Å². The second-order valence-electron chi connectivity index (χ2n) is 6.65. The van der Waals surface area contributed by atoms with E-state index in [4.69, 9.17) is 4.52 Å². The van der Waals surface area contributed by atoms with E-state index >= 15 is 0 Å². The highest BCUT2D eigenvalue weighted by Gasteiger charge is 2.08. The minimum atomic E-state index is -0.121. The lowest BCUT2D eigenvalue weighted by molar-refractivity contribution is 0.333. The monoisotopic (exact) mass is 330 g/mol. The molecular weight excluding hydrogens is 287 g/mol. The van der Waals surface area contributed by atoms with Gasteiger partial charge >= 0.3 is 0 Å². The summed E-state index contributed by atoms with van der Waals surface area (Å²) in [6.45, 7) is 7.90. The summed E-state index contributed by atoms with van der Waals surface area (Å²) in [5, 5.41) is 0. The highest BCUT2D eigenvalue weighted by Crippen LogP contribution is 2.39. The van der Waals surface area contributed by atoms with Gasteiger partial charge in [-0.1, -0.05) is 91.4 Å². The first-order valence-corrected chi connectivity index (χ1v) is 11.9. The third-order valence-corrected chi connectivity index (χ3v) is 6.47. The van der Waals surface area contributed by atoms with Crippen LogP contribution in [0.5, 0.6) is 0 Å². The predicted octanol–water partition coefficient (Wildman–Crippen LogP) is 7.92. The molecule has 0 aliphatic rings. The summed E-state index contributed by atoms with van der Waals surface area (Å²) in [6.07, 6.45) is 22.0. The van der Waals surface area contributed by atoms with Crippen LogP contribution in [0.4, 0.5) is 0 Å². The zero-order valence-corrected chi connectivity index (χ0v) is 16.8. The zero-order chi connectivity index (χ0) is 16.3. The molecule has 0 fully saturated rings. The molecule has 0 unspecified atom stereocenters. The molecule has 0 heterocycles. The van der Waals surface area contributed by atoms with Crippen LogP contribution < -0.4 is 0 Å². The molecular formula is C20H43OP. The summed E-state index contributed by atoms with van der Waals surface area (Å²) < 4.78 is 6.27. The molecule has 0 radical (unpaired) electrons. The van der Waals surface area contributed by atoms with Crippen LogP contribution in [0.1, 0.15) is 111 Å². The number of hydrogen-bond acceptors (Lipinski definition) is 1. The van der Waals surface area contributed by atoms with Gasteiger partial charge in [0.2, 0.25) is 0 Å². The van der Waals surface area contributed by atoms with Crippen molar-refractivity contribution >= 4 is 8.15 Å². The van der Waals surface area contributed by atoms with Crippen molar-refractivity contribution in [1.82, 2.24) is 0 Å². The highest BCUT2D eigenvalue weighted by molar-refractivity contribution is 7.52. The normalized spacial score (nSPS) is 11.5. The molecule has 2 heteroatoms. The quantitative estimate of drug-likeness (QED) is 0.183. The summed E-state index contributed by atoms with van der Waals surface area (Å²) >= 11 is 0. The molecule has 0 amide bonds. The Labute approximate surface area is 142 Å². The van der Waals surface area contributed by atoms with E-state index in [0.29, 0.717) is 0 Å². The van der Waals surface area contributed by atoms with Gasteiger partial charge in [-0.25, -0.2) is 0 Å². The van der Waals surface area contributed by atoms with Crippen molar-refractivity contribution in [3.8, 4) is 0 Å². The highest BCUT2D eigenvalue weighted by atomic mass is 31.1.